The molecular formula is C8H13NO2. The van der Waals surface area contributed by atoms with E-state index >= 15 is 0 Å². The van der Waals surface area contributed by atoms with Gasteiger partial charge >= 0.3 is 0 Å². The van der Waals surface area contributed by atoms with Gasteiger partial charge < -0.3 is 14.8 Å². The molecule has 0 saturated carbocycles. The summed E-state index contributed by atoms with van der Waals surface area (Å²) in [5, 5.41) is 3.51. The molecule has 0 aromatic heterocycles. The van der Waals surface area contributed by atoms with Crippen LogP contribution in [0.4, 0.5) is 0 Å². The van der Waals surface area contributed by atoms with Crippen molar-refractivity contribution in [2.24, 2.45) is 0 Å². The molecule has 3 nitrogen and oxygen atoms in total. The van der Waals surface area contributed by atoms with Gasteiger partial charge in [-0.15, -0.1) is 0 Å². The highest BCUT2D eigenvalue weighted by Gasteiger charge is 2.54. The van der Waals surface area contributed by atoms with Crippen LogP contribution < -0.4 is 5.32 Å². The second-order valence-corrected chi connectivity index (χ2v) is 3.71. The van der Waals surface area contributed by atoms with Crippen molar-refractivity contribution in [1.82, 2.24) is 5.32 Å². The minimum Gasteiger partial charge on any atom is -0.346 e. The lowest BCUT2D eigenvalue weighted by atomic mass is 9.94. The number of nitrogens with one attached hydrogen (secondary N) is 1. The summed E-state index contributed by atoms with van der Waals surface area (Å²) in [6.45, 7) is 1.57. The molecule has 3 fully saturated rings. The van der Waals surface area contributed by atoms with Gasteiger partial charge in [0.05, 0.1) is 19.3 Å². The molecule has 0 aromatic carbocycles. The topological polar surface area (TPSA) is 30.5 Å². The first-order valence-corrected chi connectivity index (χ1v) is 4.43. The minimum absolute atomic E-state index is 0.205. The quantitative estimate of drug-likeness (QED) is 0.544. The van der Waals surface area contributed by atoms with E-state index in [0.717, 1.165) is 19.6 Å². The Balaban J connectivity index is 1.88. The Labute approximate surface area is 66.1 Å². The van der Waals surface area contributed by atoms with E-state index in [9.17, 15) is 0 Å². The van der Waals surface area contributed by atoms with Crippen LogP contribution in [-0.2, 0) is 9.47 Å². The summed E-state index contributed by atoms with van der Waals surface area (Å²) in [4.78, 5) is 0. The highest BCUT2D eigenvalue weighted by Crippen LogP contribution is 2.41. The van der Waals surface area contributed by atoms with Crippen molar-refractivity contribution in [3.8, 4) is 0 Å². The van der Waals surface area contributed by atoms with Crippen LogP contribution in [0.2, 0.25) is 0 Å². The van der Waals surface area contributed by atoms with Gasteiger partial charge in [-0.1, -0.05) is 0 Å². The Morgan fingerprint density at radius 2 is 2.00 bits per heavy atom. The van der Waals surface area contributed by atoms with Crippen molar-refractivity contribution in [1.29, 1.82) is 0 Å². The maximum Gasteiger partial charge on any atom is 0.185 e. The smallest absolute Gasteiger partial charge is 0.185 e. The molecule has 1 N–H and O–H groups in total. The summed E-state index contributed by atoms with van der Waals surface area (Å²) in [6, 6.07) is 1.15. The first kappa shape index (κ1) is 6.40. The van der Waals surface area contributed by atoms with Crippen molar-refractivity contribution >= 4 is 0 Å². The summed E-state index contributed by atoms with van der Waals surface area (Å²) >= 11 is 0. The van der Waals surface area contributed by atoms with E-state index in [1.54, 1.807) is 0 Å². The second-order valence-electron chi connectivity index (χ2n) is 3.71. The Morgan fingerprint density at radius 1 is 1.18 bits per heavy atom. The molecule has 0 amide bonds. The Morgan fingerprint density at radius 3 is 2.55 bits per heavy atom. The van der Waals surface area contributed by atoms with Crippen molar-refractivity contribution in [2.45, 2.75) is 37.1 Å². The van der Waals surface area contributed by atoms with Gasteiger partial charge in [-0.05, 0) is 12.8 Å². The molecule has 2 atom stereocenters. The van der Waals surface area contributed by atoms with Gasteiger partial charge in [0.25, 0.3) is 0 Å². The van der Waals surface area contributed by atoms with Crippen LogP contribution >= 0.6 is 0 Å². The summed E-state index contributed by atoms with van der Waals surface area (Å²) in [7, 11) is 0. The zero-order valence-electron chi connectivity index (χ0n) is 6.51. The SMILES string of the molecule is C1COC2(CC3CCC2N3)O1. The van der Waals surface area contributed by atoms with Crippen LogP contribution in [0.3, 0.4) is 0 Å². The number of hydrogen-bond donors (Lipinski definition) is 1. The van der Waals surface area contributed by atoms with E-state index in [0.29, 0.717) is 12.1 Å². The molecular weight excluding hydrogens is 142 g/mol. The van der Waals surface area contributed by atoms with Crippen LogP contribution in [0.25, 0.3) is 0 Å². The van der Waals surface area contributed by atoms with Crippen molar-refractivity contribution in [2.75, 3.05) is 13.2 Å². The largest absolute Gasteiger partial charge is 0.346 e. The van der Waals surface area contributed by atoms with Gasteiger partial charge in [0, 0.05) is 12.5 Å². The van der Waals surface area contributed by atoms with Gasteiger partial charge in [0.1, 0.15) is 0 Å². The van der Waals surface area contributed by atoms with Crippen molar-refractivity contribution < 1.29 is 9.47 Å². The van der Waals surface area contributed by atoms with E-state index in [2.05, 4.69) is 5.32 Å². The second kappa shape index (κ2) is 1.97. The fraction of sp³-hybridized carbons (Fsp3) is 1.00. The van der Waals surface area contributed by atoms with Crippen molar-refractivity contribution in [3.63, 3.8) is 0 Å². The minimum atomic E-state index is -0.205. The summed E-state index contributed by atoms with van der Waals surface area (Å²) in [5.74, 6) is -0.205. The highest BCUT2D eigenvalue weighted by molar-refractivity contribution is 5.05. The van der Waals surface area contributed by atoms with E-state index in [1.165, 1.54) is 12.8 Å². The molecule has 2 bridgehead atoms. The molecule has 62 valence electrons. The van der Waals surface area contributed by atoms with E-state index in [1.807, 2.05) is 0 Å². The fourth-order valence-corrected chi connectivity index (χ4v) is 2.60. The van der Waals surface area contributed by atoms with Gasteiger partial charge in [0.2, 0.25) is 0 Å². The van der Waals surface area contributed by atoms with Gasteiger partial charge in [-0.25, -0.2) is 0 Å². The molecule has 1 spiro atoms. The fourth-order valence-electron chi connectivity index (χ4n) is 2.60. The lowest BCUT2D eigenvalue weighted by molar-refractivity contribution is -0.169. The first-order chi connectivity index (χ1) is 5.39. The van der Waals surface area contributed by atoms with Crippen LogP contribution in [0, 0.1) is 0 Å². The molecule has 0 aliphatic carbocycles. The molecule has 3 rings (SSSR count). The molecule has 2 unspecified atom stereocenters. The predicted molar refractivity (Wildman–Crippen MR) is 39.2 cm³/mol. The lowest BCUT2D eigenvalue weighted by Crippen LogP contribution is -2.42. The Hall–Kier alpha value is -0.120. The monoisotopic (exact) mass is 155 g/mol. The zero-order chi connectivity index (χ0) is 7.31. The summed E-state index contributed by atoms with van der Waals surface area (Å²) < 4.78 is 11.3. The van der Waals surface area contributed by atoms with E-state index < -0.39 is 0 Å². The van der Waals surface area contributed by atoms with Crippen LogP contribution in [-0.4, -0.2) is 31.1 Å². The average molecular weight is 155 g/mol. The predicted octanol–water partition coefficient (Wildman–Crippen LogP) is 0.254. The van der Waals surface area contributed by atoms with Gasteiger partial charge in [0.15, 0.2) is 5.79 Å². The van der Waals surface area contributed by atoms with Gasteiger partial charge in [-0.2, -0.15) is 0 Å². The maximum atomic E-state index is 5.65. The van der Waals surface area contributed by atoms with Crippen LogP contribution in [0.15, 0.2) is 0 Å². The Bertz CT molecular complexity index is 177. The molecule has 3 aliphatic heterocycles. The van der Waals surface area contributed by atoms with E-state index in [-0.39, 0.29) is 5.79 Å². The molecule has 3 heteroatoms. The standard InChI is InChI=1S/C8H13NO2/c1-2-7-8(5-6(1)9-7)10-3-4-11-8/h6-7,9H,1-5H2. The van der Waals surface area contributed by atoms with E-state index in [4.69, 9.17) is 9.47 Å². The number of hydrogen-bond acceptors (Lipinski definition) is 3. The average Bonchev–Trinajstić information content (AvgIpc) is 2.64. The third-order valence-corrected chi connectivity index (χ3v) is 3.08. The molecule has 3 heterocycles. The number of fused-ring (bicyclic) bond motifs is 3. The maximum absolute atomic E-state index is 5.65. The van der Waals surface area contributed by atoms with Crippen molar-refractivity contribution in [3.05, 3.63) is 0 Å². The number of rotatable bonds is 0. The summed E-state index contributed by atoms with van der Waals surface area (Å²) in [5.41, 5.74) is 0. The Kier molecular flexibility index (Phi) is 1.15. The number of ether oxygens (including phenoxy) is 2. The molecule has 0 aromatic rings. The third-order valence-electron chi connectivity index (χ3n) is 3.08. The summed E-state index contributed by atoms with van der Waals surface area (Å²) in [6.07, 6.45) is 3.60. The molecule has 11 heavy (non-hydrogen) atoms. The normalized spacial score (nSPS) is 45.8. The zero-order valence-corrected chi connectivity index (χ0v) is 6.51. The first-order valence-electron chi connectivity index (χ1n) is 4.43. The third kappa shape index (κ3) is 0.736. The van der Waals surface area contributed by atoms with Gasteiger partial charge in [-0.3, -0.25) is 0 Å². The van der Waals surface area contributed by atoms with Crippen LogP contribution in [0.1, 0.15) is 19.3 Å². The molecule has 3 saturated heterocycles. The lowest BCUT2D eigenvalue weighted by Gasteiger charge is -2.29. The molecule has 3 aliphatic rings. The molecule has 0 radical (unpaired) electrons. The van der Waals surface area contributed by atoms with Crippen LogP contribution in [0.5, 0.6) is 0 Å². The highest BCUT2D eigenvalue weighted by atomic mass is 16.7.